The average Bonchev–Trinajstić information content (AvgIpc) is 2.78. The van der Waals surface area contributed by atoms with E-state index in [2.05, 4.69) is 66.0 Å². The molecule has 0 bridgehead atoms. The van der Waals surface area contributed by atoms with Crippen molar-refractivity contribution in [1.29, 1.82) is 0 Å². The predicted octanol–water partition coefficient (Wildman–Crippen LogP) is 2.69. The number of rotatable bonds is 17. The van der Waals surface area contributed by atoms with Crippen molar-refractivity contribution in [3.63, 3.8) is 0 Å². The van der Waals surface area contributed by atoms with Crippen molar-refractivity contribution in [1.82, 2.24) is 40.8 Å². The van der Waals surface area contributed by atoms with E-state index in [-0.39, 0.29) is 12.0 Å². The fourth-order valence-corrected chi connectivity index (χ4v) is 3.84. The molecular formula is C16H26N8O2S4. The lowest BCUT2D eigenvalue weighted by molar-refractivity contribution is 0.236. The molecule has 0 aliphatic carbocycles. The van der Waals surface area contributed by atoms with Gasteiger partial charge in [-0.05, 0) is 50.0 Å². The topological polar surface area (TPSA) is 122 Å². The van der Waals surface area contributed by atoms with E-state index in [0.717, 1.165) is 61.5 Å². The molecule has 0 fully saturated rings. The standard InChI is InChI=1S/C16H26N8O2S4/c27-9-3-5-11-29-15-21-17-13(18-22-15)25-7-1-2-8-26-14-19-23-16(24-20-14)30-12-6-4-10-28/h27-28H,1-12H2. The minimum Gasteiger partial charge on any atom is -0.461 e. The second kappa shape index (κ2) is 16.6. The molecule has 2 heterocycles. The molecular weight excluding hydrogens is 464 g/mol. The molecule has 0 unspecified atom stereocenters. The number of aromatic nitrogens is 8. The molecule has 0 spiro atoms. The van der Waals surface area contributed by atoms with Gasteiger partial charge in [-0.25, -0.2) is 0 Å². The summed E-state index contributed by atoms with van der Waals surface area (Å²) in [6.07, 6.45) is 5.78. The second-order valence-corrected chi connectivity index (χ2v) is 8.91. The Morgan fingerprint density at radius 3 is 1.30 bits per heavy atom. The van der Waals surface area contributed by atoms with E-state index >= 15 is 0 Å². The van der Waals surface area contributed by atoms with Crippen molar-refractivity contribution < 1.29 is 9.47 Å². The first-order valence-electron chi connectivity index (χ1n) is 9.69. The van der Waals surface area contributed by atoms with E-state index in [1.165, 1.54) is 23.5 Å². The van der Waals surface area contributed by atoms with E-state index in [9.17, 15) is 0 Å². The van der Waals surface area contributed by atoms with Crippen LogP contribution in [-0.4, -0.2) is 77.0 Å². The number of unbranched alkanes of at least 4 members (excludes halogenated alkanes) is 3. The molecule has 0 amide bonds. The Labute approximate surface area is 195 Å². The molecule has 0 saturated heterocycles. The highest BCUT2D eigenvalue weighted by Crippen LogP contribution is 2.14. The van der Waals surface area contributed by atoms with Gasteiger partial charge in [0.25, 0.3) is 0 Å². The summed E-state index contributed by atoms with van der Waals surface area (Å²) in [5.74, 6) is 3.63. The maximum absolute atomic E-state index is 5.44. The van der Waals surface area contributed by atoms with Crippen molar-refractivity contribution in [3.8, 4) is 12.0 Å². The third-order valence-corrected chi connectivity index (χ3v) is 5.91. The largest absolute Gasteiger partial charge is 0.461 e. The van der Waals surface area contributed by atoms with Crippen LogP contribution in [0.5, 0.6) is 12.0 Å². The Hall–Kier alpha value is -1.12. The van der Waals surface area contributed by atoms with Crippen LogP contribution in [0.4, 0.5) is 0 Å². The van der Waals surface area contributed by atoms with Crippen LogP contribution in [0.1, 0.15) is 38.5 Å². The van der Waals surface area contributed by atoms with Crippen LogP contribution >= 0.6 is 48.8 Å². The van der Waals surface area contributed by atoms with E-state index in [1.54, 1.807) is 0 Å². The first-order chi connectivity index (χ1) is 14.8. The van der Waals surface area contributed by atoms with E-state index in [1.807, 2.05) is 0 Å². The van der Waals surface area contributed by atoms with E-state index in [0.29, 0.717) is 23.5 Å². The molecule has 14 heteroatoms. The number of hydrogen-bond donors (Lipinski definition) is 2. The Morgan fingerprint density at radius 2 is 0.933 bits per heavy atom. The molecule has 2 aromatic rings. The predicted molar refractivity (Wildman–Crippen MR) is 123 cm³/mol. The third-order valence-electron chi connectivity index (χ3n) is 3.45. The van der Waals surface area contributed by atoms with Crippen molar-refractivity contribution in [3.05, 3.63) is 0 Å². The van der Waals surface area contributed by atoms with Crippen LogP contribution in [0.25, 0.3) is 0 Å². The highest BCUT2D eigenvalue weighted by Gasteiger charge is 2.05. The number of hydrogen-bond acceptors (Lipinski definition) is 14. The molecule has 0 atom stereocenters. The van der Waals surface area contributed by atoms with Crippen LogP contribution in [0, 0.1) is 0 Å². The Bertz CT molecular complexity index is 624. The van der Waals surface area contributed by atoms with Gasteiger partial charge in [0.2, 0.25) is 10.3 Å². The fraction of sp³-hybridized carbons (Fsp3) is 0.750. The summed E-state index contributed by atoms with van der Waals surface area (Å²) < 4.78 is 10.9. The molecule has 30 heavy (non-hydrogen) atoms. The minimum absolute atomic E-state index is 0.176. The van der Waals surface area contributed by atoms with Gasteiger partial charge < -0.3 is 9.47 Å². The van der Waals surface area contributed by atoms with Gasteiger partial charge in [0.15, 0.2) is 0 Å². The molecule has 0 saturated carbocycles. The second-order valence-electron chi connectivity index (χ2n) is 5.89. The Balaban J connectivity index is 1.52. The molecule has 0 aromatic carbocycles. The summed E-state index contributed by atoms with van der Waals surface area (Å²) in [4.78, 5) is 0. The maximum atomic E-state index is 5.44. The molecule has 0 N–H and O–H groups in total. The summed E-state index contributed by atoms with van der Waals surface area (Å²) in [7, 11) is 0. The quantitative estimate of drug-likeness (QED) is 0.192. The van der Waals surface area contributed by atoms with Gasteiger partial charge in [-0.3, -0.25) is 0 Å². The highest BCUT2D eigenvalue weighted by atomic mass is 32.2. The van der Waals surface area contributed by atoms with E-state index < -0.39 is 0 Å². The lowest BCUT2D eigenvalue weighted by Crippen LogP contribution is -2.08. The summed E-state index contributed by atoms with van der Waals surface area (Å²) in [6, 6.07) is 0.352. The van der Waals surface area contributed by atoms with Gasteiger partial charge in [0, 0.05) is 11.5 Å². The lowest BCUT2D eigenvalue weighted by atomic mass is 10.3. The highest BCUT2D eigenvalue weighted by molar-refractivity contribution is 7.99. The Morgan fingerprint density at radius 1 is 0.533 bits per heavy atom. The minimum atomic E-state index is 0.176. The fourth-order valence-electron chi connectivity index (χ4n) is 1.94. The van der Waals surface area contributed by atoms with Gasteiger partial charge in [-0.15, -0.1) is 20.4 Å². The average molecular weight is 491 g/mol. The van der Waals surface area contributed by atoms with Crippen molar-refractivity contribution >= 4 is 48.8 Å². The summed E-state index contributed by atoms with van der Waals surface area (Å²) in [6.45, 7) is 0.890. The molecule has 2 aromatic heterocycles. The molecule has 10 nitrogen and oxygen atoms in total. The zero-order valence-electron chi connectivity index (χ0n) is 16.6. The van der Waals surface area contributed by atoms with Crippen LogP contribution in [0.3, 0.4) is 0 Å². The van der Waals surface area contributed by atoms with Crippen LogP contribution in [0.2, 0.25) is 0 Å². The van der Waals surface area contributed by atoms with Gasteiger partial charge in [0.05, 0.1) is 13.2 Å². The van der Waals surface area contributed by atoms with Gasteiger partial charge in [-0.1, -0.05) is 43.9 Å². The third kappa shape index (κ3) is 11.3. The van der Waals surface area contributed by atoms with Crippen molar-refractivity contribution in [2.24, 2.45) is 0 Å². The zero-order chi connectivity index (χ0) is 21.3. The number of nitrogens with zero attached hydrogens (tertiary/aromatic N) is 8. The lowest BCUT2D eigenvalue weighted by Gasteiger charge is -2.05. The smallest absolute Gasteiger partial charge is 0.355 e. The van der Waals surface area contributed by atoms with Gasteiger partial charge in [0.1, 0.15) is 0 Å². The molecule has 166 valence electrons. The normalized spacial score (nSPS) is 10.9. The van der Waals surface area contributed by atoms with Gasteiger partial charge >= 0.3 is 12.0 Å². The molecule has 0 radical (unpaired) electrons. The SMILES string of the molecule is SCCCCSc1nnc(OCCCCOc2nnc(SCCCCS)nn2)nn1. The summed E-state index contributed by atoms with van der Waals surface area (Å²) >= 11 is 11.4. The first kappa shape index (κ1) is 25.1. The summed E-state index contributed by atoms with van der Waals surface area (Å²) in [5.41, 5.74) is 0. The Kier molecular flexibility index (Phi) is 13.9. The van der Waals surface area contributed by atoms with Crippen LogP contribution in [-0.2, 0) is 0 Å². The molecule has 2 rings (SSSR count). The zero-order valence-corrected chi connectivity index (χ0v) is 20.0. The first-order valence-corrected chi connectivity index (χ1v) is 12.9. The molecule has 0 aliphatic rings. The van der Waals surface area contributed by atoms with Gasteiger partial charge in [-0.2, -0.15) is 25.3 Å². The number of ether oxygens (including phenoxy) is 2. The monoisotopic (exact) mass is 490 g/mol. The molecule has 0 aliphatic heterocycles. The van der Waals surface area contributed by atoms with Crippen LogP contribution in [0.15, 0.2) is 10.3 Å². The maximum Gasteiger partial charge on any atom is 0.355 e. The summed E-state index contributed by atoms with van der Waals surface area (Å²) in [5, 5.41) is 32.8. The van der Waals surface area contributed by atoms with Crippen molar-refractivity contribution in [2.75, 3.05) is 36.2 Å². The number of thioether (sulfide) groups is 2. The van der Waals surface area contributed by atoms with E-state index in [4.69, 9.17) is 9.47 Å². The van der Waals surface area contributed by atoms with Crippen molar-refractivity contribution in [2.45, 2.75) is 48.8 Å². The van der Waals surface area contributed by atoms with Crippen LogP contribution < -0.4 is 9.47 Å². The number of thiol groups is 2.